The van der Waals surface area contributed by atoms with Gasteiger partial charge in [-0.25, -0.2) is 17.9 Å². The van der Waals surface area contributed by atoms with Crippen LogP contribution in [0.4, 0.5) is 0 Å². The summed E-state index contributed by atoms with van der Waals surface area (Å²) in [5.74, 6) is -1.49. The second-order valence-electron chi connectivity index (χ2n) is 9.29. The minimum absolute atomic E-state index is 0.0822. The topological polar surface area (TPSA) is 184 Å². The van der Waals surface area contributed by atoms with Crippen LogP contribution in [-0.2, 0) is 26.0 Å². The number of nitrogens with one attached hydrogen (secondary N) is 4. The van der Waals surface area contributed by atoms with Crippen molar-refractivity contribution in [3.63, 3.8) is 0 Å². The number of nitrogens with two attached hydrogens (primary N) is 1. The van der Waals surface area contributed by atoms with Crippen molar-refractivity contribution in [2.24, 2.45) is 5.73 Å². The van der Waals surface area contributed by atoms with Gasteiger partial charge in [0.1, 0.15) is 17.4 Å². The summed E-state index contributed by atoms with van der Waals surface area (Å²) in [7, 11) is -4.05. The molecular weight excluding hydrogens is 462 g/mol. The average Bonchev–Trinajstić information content (AvgIpc) is 3.03. The predicted molar refractivity (Wildman–Crippen MR) is 128 cm³/mol. The molecule has 34 heavy (non-hydrogen) atoms. The lowest BCUT2D eigenvalue weighted by Crippen LogP contribution is -2.47. The number of carbonyl (C=O) groups is 2. The molecule has 0 spiro atoms. The van der Waals surface area contributed by atoms with Crippen molar-refractivity contribution in [3.8, 4) is 5.75 Å². The lowest BCUT2D eigenvalue weighted by Gasteiger charge is -2.20. The van der Waals surface area contributed by atoms with E-state index in [-0.39, 0.29) is 24.3 Å². The molecule has 11 nitrogen and oxygen atoms in total. The van der Waals surface area contributed by atoms with E-state index >= 15 is 0 Å². The van der Waals surface area contributed by atoms with Gasteiger partial charge in [-0.2, -0.15) is 0 Å². The van der Waals surface area contributed by atoms with E-state index in [2.05, 4.69) is 15.4 Å². The third-order valence-electron chi connectivity index (χ3n) is 5.80. The molecular formula is C22H35N5O6S. The second-order valence-corrected chi connectivity index (χ2v) is 10.9. The fourth-order valence-electron chi connectivity index (χ4n) is 3.95. The molecule has 2 rings (SSSR count). The van der Waals surface area contributed by atoms with Crippen LogP contribution in [0.5, 0.6) is 5.75 Å². The smallest absolute Gasteiger partial charge is 0.326 e. The van der Waals surface area contributed by atoms with Gasteiger partial charge in [0.05, 0.1) is 10.9 Å². The number of rotatable bonds is 9. The zero-order valence-electron chi connectivity index (χ0n) is 20.5. The van der Waals surface area contributed by atoms with Gasteiger partial charge in [-0.3, -0.25) is 10.2 Å². The summed E-state index contributed by atoms with van der Waals surface area (Å²) in [6.07, 6.45) is 0.930. The highest BCUT2D eigenvalue weighted by Crippen LogP contribution is 2.43. The van der Waals surface area contributed by atoms with E-state index in [4.69, 9.17) is 15.9 Å². The fraction of sp³-hybridized carbons (Fsp3) is 0.591. The van der Waals surface area contributed by atoms with E-state index in [1.807, 2.05) is 20.8 Å². The number of benzene rings is 1. The molecule has 1 aliphatic rings. The fourth-order valence-corrected chi connectivity index (χ4v) is 5.47. The van der Waals surface area contributed by atoms with E-state index < -0.39 is 45.5 Å². The van der Waals surface area contributed by atoms with Crippen LogP contribution in [0.25, 0.3) is 0 Å². The highest BCUT2D eigenvalue weighted by atomic mass is 32.2. The first-order valence-electron chi connectivity index (χ1n) is 11.0. The Morgan fingerprint density at radius 1 is 1.21 bits per heavy atom. The van der Waals surface area contributed by atoms with E-state index in [9.17, 15) is 23.1 Å². The zero-order chi connectivity index (χ0) is 26.0. The van der Waals surface area contributed by atoms with E-state index in [0.717, 1.165) is 16.9 Å². The molecule has 0 fully saturated rings. The Labute approximate surface area is 200 Å². The van der Waals surface area contributed by atoms with Gasteiger partial charge in [-0.05, 0) is 71.1 Å². The first kappa shape index (κ1) is 27.4. The molecule has 7 N–H and O–H groups in total. The maximum atomic E-state index is 13.1. The van der Waals surface area contributed by atoms with E-state index in [1.54, 1.807) is 13.8 Å². The summed E-state index contributed by atoms with van der Waals surface area (Å²) in [6.45, 7) is 10.7. The molecule has 1 heterocycles. The number of amides is 1. The molecule has 1 aromatic rings. The summed E-state index contributed by atoms with van der Waals surface area (Å²) in [5, 5.41) is 22.2. The molecule has 0 bridgehead atoms. The number of carboxylic acid groups (broad SMARTS) is 1. The Balaban J connectivity index is 2.04. The molecule has 0 radical (unpaired) electrons. The number of aliphatic carboxylic acids is 1. The molecule has 0 aliphatic carbocycles. The largest absolute Gasteiger partial charge is 0.487 e. The summed E-state index contributed by atoms with van der Waals surface area (Å²) in [5.41, 5.74) is 7.77. The molecule has 0 aromatic heterocycles. The summed E-state index contributed by atoms with van der Waals surface area (Å²) < 4.78 is 34.6. The van der Waals surface area contributed by atoms with Crippen molar-refractivity contribution in [1.82, 2.24) is 15.4 Å². The zero-order valence-corrected chi connectivity index (χ0v) is 21.3. The normalized spacial score (nSPS) is 16.1. The second kappa shape index (κ2) is 10.2. The van der Waals surface area contributed by atoms with Crippen molar-refractivity contribution in [3.05, 3.63) is 22.3 Å². The minimum atomic E-state index is -4.05. The van der Waals surface area contributed by atoms with Crippen LogP contribution >= 0.6 is 0 Å². The molecule has 0 saturated heterocycles. The number of guanidine groups is 1. The highest BCUT2D eigenvalue weighted by Gasteiger charge is 2.36. The van der Waals surface area contributed by atoms with Gasteiger partial charge >= 0.3 is 5.97 Å². The monoisotopic (exact) mass is 497 g/mol. The average molecular weight is 498 g/mol. The van der Waals surface area contributed by atoms with Gasteiger partial charge < -0.3 is 26.2 Å². The molecule has 1 aromatic carbocycles. The molecule has 1 aliphatic heterocycles. The lowest BCUT2D eigenvalue weighted by molar-refractivity contribution is -0.142. The van der Waals surface area contributed by atoms with E-state index in [0.29, 0.717) is 17.5 Å². The first-order valence-corrected chi connectivity index (χ1v) is 12.5. The number of fused-ring (bicyclic) bond motifs is 1. The standard InChI is InChI=1S/C22H35N5O6S/c1-11-12(2)18(13(3)15-10-22(5,6)33-17(11)15)34(31,32)27-21(24)25-9-7-8-16(20(29)30)26-19(28)14(4)23/h14,16H,7-10,23H2,1-6H3,(H,26,28)(H,29,30)(H3,24,25,27)/t14-,16+/m0/s1. The van der Waals surface area contributed by atoms with Crippen LogP contribution in [0, 0.1) is 26.2 Å². The number of sulfonamides is 1. The highest BCUT2D eigenvalue weighted by molar-refractivity contribution is 7.90. The van der Waals surface area contributed by atoms with E-state index in [1.165, 1.54) is 6.92 Å². The van der Waals surface area contributed by atoms with Crippen LogP contribution in [0.15, 0.2) is 4.90 Å². The Morgan fingerprint density at radius 3 is 2.38 bits per heavy atom. The van der Waals surface area contributed by atoms with Crippen LogP contribution in [0.2, 0.25) is 0 Å². The van der Waals surface area contributed by atoms with Gasteiger partial charge in [0.25, 0.3) is 10.0 Å². The van der Waals surface area contributed by atoms with Crippen LogP contribution < -0.4 is 25.8 Å². The summed E-state index contributed by atoms with van der Waals surface area (Å²) >= 11 is 0. The minimum Gasteiger partial charge on any atom is -0.487 e. The van der Waals surface area contributed by atoms with Crippen molar-refractivity contribution in [1.29, 1.82) is 5.41 Å². The number of ether oxygens (including phenoxy) is 1. The Hall–Kier alpha value is -2.86. The van der Waals surface area contributed by atoms with Crippen LogP contribution in [-0.4, -0.2) is 55.6 Å². The Bertz CT molecular complexity index is 1100. The van der Waals surface area contributed by atoms with Crippen molar-refractivity contribution in [2.75, 3.05) is 6.54 Å². The Kier molecular flexibility index (Phi) is 8.20. The summed E-state index contributed by atoms with van der Waals surface area (Å²) in [6, 6.07) is -1.97. The Morgan fingerprint density at radius 2 is 1.82 bits per heavy atom. The number of hydrogen-bond acceptors (Lipinski definition) is 7. The quantitative estimate of drug-likeness (QED) is 0.165. The molecule has 190 valence electrons. The first-order chi connectivity index (χ1) is 15.6. The van der Waals surface area contributed by atoms with Crippen molar-refractivity contribution >= 4 is 27.9 Å². The predicted octanol–water partition coefficient (Wildman–Crippen LogP) is 0.825. The van der Waals surface area contributed by atoms with Crippen LogP contribution in [0.1, 0.15) is 55.9 Å². The molecule has 1 amide bonds. The third kappa shape index (κ3) is 6.17. The molecule has 0 unspecified atom stereocenters. The summed E-state index contributed by atoms with van der Waals surface area (Å²) in [4.78, 5) is 23.1. The van der Waals surface area contributed by atoms with Crippen molar-refractivity contribution < 1.29 is 27.9 Å². The number of hydrogen-bond donors (Lipinski definition) is 6. The number of carboxylic acids is 1. The van der Waals surface area contributed by atoms with Gasteiger partial charge in [0, 0.05) is 18.5 Å². The van der Waals surface area contributed by atoms with Gasteiger partial charge in [-0.15, -0.1) is 0 Å². The van der Waals surface area contributed by atoms with Crippen molar-refractivity contribution in [2.45, 2.75) is 83.4 Å². The SMILES string of the molecule is Cc1c(C)c(S(=O)(=O)NC(=N)NCCC[C@@H](NC(=O)[C@H](C)N)C(=O)O)c(C)c2c1OC(C)(C)C2. The maximum absolute atomic E-state index is 13.1. The lowest BCUT2D eigenvalue weighted by atomic mass is 9.94. The maximum Gasteiger partial charge on any atom is 0.326 e. The molecule has 0 saturated carbocycles. The third-order valence-corrected chi connectivity index (χ3v) is 7.42. The van der Waals surface area contributed by atoms with Gasteiger partial charge in [-0.1, -0.05) is 0 Å². The molecule has 2 atom stereocenters. The number of carbonyl (C=O) groups excluding carboxylic acids is 1. The van der Waals surface area contributed by atoms with Gasteiger partial charge in [0.15, 0.2) is 0 Å². The van der Waals surface area contributed by atoms with Crippen LogP contribution in [0.3, 0.4) is 0 Å². The molecule has 12 heteroatoms. The van der Waals surface area contributed by atoms with Gasteiger partial charge in [0.2, 0.25) is 11.9 Å².